The third-order valence-corrected chi connectivity index (χ3v) is 4.91. The lowest BCUT2D eigenvalue weighted by Gasteiger charge is -2.22. The Kier molecular flexibility index (Phi) is 5.38. The van der Waals surface area contributed by atoms with Crippen LogP contribution in [0.2, 0.25) is 0 Å². The molecule has 0 aliphatic carbocycles. The molecule has 2 N–H and O–H groups in total. The van der Waals surface area contributed by atoms with Crippen LogP contribution >= 0.6 is 11.3 Å². The molecule has 3 heterocycles. The molecule has 1 aliphatic rings. The number of anilines is 2. The minimum Gasteiger partial charge on any atom is -0.338 e. The number of hydrogen-bond acceptors (Lipinski definition) is 7. The second kappa shape index (κ2) is 7.55. The average Bonchev–Trinajstić information content (AvgIpc) is 3.27. The van der Waals surface area contributed by atoms with Crippen LogP contribution in [-0.4, -0.2) is 46.0 Å². The van der Waals surface area contributed by atoms with E-state index in [1.165, 1.54) is 11.3 Å². The first-order chi connectivity index (χ1) is 12.3. The quantitative estimate of drug-likeness (QED) is 0.830. The van der Waals surface area contributed by atoms with Crippen LogP contribution in [-0.2, 0) is 15.0 Å². The van der Waals surface area contributed by atoms with Gasteiger partial charge in [0.1, 0.15) is 0 Å². The molecule has 2 amide bonds. The first-order valence-corrected chi connectivity index (χ1v) is 9.42. The molecule has 9 heteroatoms. The van der Waals surface area contributed by atoms with E-state index in [9.17, 15) is 9.59 Å². The zero-order chi connectivity index (χ0) is 18.7. The third kappa shape index (κ3) is 4.47. The van der Waals surface area contributed by atoms with Crippen LogP contribution < -0.4 is 10.6 Å². The Bertz CT molecular complexity index is 766. The maximum absolute atomic E-state index is 12.4. The summed E-state index contributed by atoms with van der Waals surface area (Å²) in [7, 11) is 0. The molecule has 0 bridgehead atoms. The summed E-state index contributed by atoms with van der Waals surface area (Å²) in [4.78, 5) is 30.7. The molecule has 1 unspecified atom stereocenters. The van der Waals surface area contributed by atoms with Crippen LogP contribution in [0.1, 0.15) is 39.3 Å². The van der Waals surface area contributed by atoms with E-state index in [2.05, 4.69) is 20.8 Å². The normalized spacial score (nSPS) is 18.0. The summed E-state index contributed by atoms with van der Waals surface area (Å²) in [5.74, 6) is -0.0293. The highest BCUT2D eigenvalue weighted by Gasteiger charge is 2.32. The fourth-order valence-corrected chi connectivity index (χ4v) is 3.37. The Labute approximate surface area is 156 Å². The second-order valence-corrected chi connectivity index (χ2v) is 8.22. The van der Waals surface area contributed by atoms with Gasteiger partial charge in [-0.25, -0.2) is 4.98 Å². The van der Waals surface area contributed by atoms with Crippen LogP contribution in [0.3, 0.4) is 0 Å². The summed E-state index contributed by atoms with van der Waals surface area (Å²) in [5.41, 5.74) is 0.621. The monoisotopic (exact) mass is 377 g/mol. The predicted octanol–water partition coefficient (Wildman–Crippen LogP) is 2.47. The molecule has 0 spiro atoms. The van der Waals surface area contributed by atoms with Crippen molar-refractivity contribution >= 4 is 34.2 Å². The van der Waals surface area contributed by atoms with E-state index in [1.807, 2.05) is 25.7 Å². The van der Waals surface area contributed by atoms with Gasteiger partial charge in [-0.2, -0.15) is 0 Å². The first kappa shape index (κ1) is 18.5. The van der Waals surface area contributed by atoms with Crippen molar-refractivity contribution in [2.75, 3.05) is 23.7 Å². The SMILES string of the molecule is CC(C)(C)c1cc(NC(=O)CN2CCCC2C(=O)Nc2nccs2)on1. The van der Waals surface area contributed by atoms with Gasteiger partial charge in [-0.15, -0.1) is 11.3 Å². The largest absolute Gasteiger partial charge is 0.338 e. The molecule has 0 radical (unpaired) electrons. The topological polar surface area (TPSA) is 100 Å². The molecular weight excluding hydrogens is 354 g/mol. The van der Waals surface area contributed by atoms with Gasteiger partial charge in [0.2, 0.25) is 17.7 Å². The lowest BCUT2D eigenvalue weighted by molar-refractivity contribution is -0.122. The molecule has 1 aliphatic heterocycles. The minimum atomic E-state index is -0.329. The Morgan fingerprint density at radius 1 is 1.38 bits per heavy atom. The Morgan fingerprint density at radius 3 is 2.85 bits per heavy atom. The minimum absolute atomic E-state index is 0.125. The van der Waals surface area contributed by atoms with Crippen molar-refractivity contribution in [2.45, 2.75) is 45.1 Å². The molecular formula is C17H23N5O3S. The van der Waals surface area contributed by atoms with E-state index < -0.39 is 0 Å². The lowest BCUT2D eigenvalue weighted by Crippen LogP contribution is -2.43. The summed E-state index contributed by atoms with van der Waals surface area (Å²) >= 11 is 1.37. The molecule has 3 rings (SSSR count). The highest BCUT2D eigenvalue weighted by atomic mass is 32.1. The van der Waals surface area contributed by atoms with Gasteiger partial charge in [0.15, 0.2) is 5.13 Å². The number of amides is 2. The molecule has 140 valence electrons. The van der Waals surface area contributed by atoms with Gasteiger partial charge in [0.25, 0.3) is 0 Å². The van der Waals surface area contributed by atoms with Gasteiger partial charge in [-0.1, -0.05) is 25.9 Å². The number of hydrogen-bond donors (Lipinski definition) is 2. The highest BCUT2D eigenvalue weighted by Crippen LogP contribution is 2.24. The number of nitrogens with one attached hydrogen (secondary N) is 2. The van der Waals surface area contributed by atoms with Crippen molar-refractivity contribution in [3.05, 3.63) is 23.3 Å². The highest BCUT2D eigenvalue weighted by molar-refractivity contribution is 7.13. The van der Waals surface area contributed by atoms with Gasteiger partial charge < -0.3 is 9.84 Å². The molecule has 2 aromatic heterocycles. The second-order valence-electron chi connectivity index (χ2n) is 7.33. The molecule has 26 heavy (non-hydrogen) atoms. The number of aromatic nitrogens is 2. The van der Waals surface area contributed by atoms with Crippen molar-refractivity contribution in [3.63, 3.8) is 0 Å². The zero-order valence-corrected chi connectivity index (χ0v) is 15.9. The summed E-state index contributed by atoms with van der Waals surface area (Å²) in [5, 5.41) is 11.9. The molecule has 2 aromatic rings. The Balaban J connectivity index is 1.56. The first-order valence-electron chi connectivity index (χ1n) is 8.54. The fourth-order valence-electron chi connectivity index (χ4n) is 2.84. The van der Waals surface area contributed by atoms with Crippen molar-refractivity contribution in [1.29, 1.82) is 0 Å². The molecule has 1 saturated heterocycles. The van der Waals surface area contributed by atoms with Crippen LogP contribution in [0.25, 0.3) is 0 Å². The van der Waals surface area contributed by atoms with Crippen molar-refractivity contribution in [1.82, 2.24) is 15.0 Å². The van der Waals surface area contributed by atoms with E-state index in [0.29, 0.717) is 17.6 Å². The van der Waals surface area contributed by atoms with E-state index >= 15 is 0 Å². The maximum Gasteiger partial charge on any atom is 0.243 e. The molecule has 1 atom stereocenters. The van der Waals surface area contributed by atoms with Crippen LogP contribution in [0.4, 0.5) is 11.0 Å². The zero-order valence-electron chi connectivity index (χ0n) is 15.1. The lowest BCUT2D eigenvalue weighted by atomic mass is 9.92. The smallest absolute Gasteiger partial charge is 0.243 e. The Hall–Kier alpha value is -2.26. The van der Waals surface area contributed by atoms with Crippen molar-refractivity contribution < 1.29 is 14.1 Å². The number of carbonyl (C=O) groups excluding carboxylic acids is 2. The summed E-state index contributed by atoms with van der Waals surface area (Å²) < 4.78 is 5.18. The van der Waals surface area contributed by atoms with Crippen LogP contribution in [0, 0.1) is 0 Å². The van der Waals surface area contributed by atoms with E-state index in [1.54, 1.807) is 17.6 Å². The molecule has 0 aromatic carbocycles. The van der Waals surface area contributed by atoms with Crippen molar-refractivity contribution in [3.8, 4) is 0 Å². The van der Waals surface area contributed by atoms with Gasteiger partial charge in [-0.3, -0.25) is 19.8 Å². The number of rotatable bonds is 5. The van der Waals surface area contributed by atoms with Gasteiger partial charge in [0, 0.05) is 23.1 Å². The number of carbonyl (C=O) groups is 2. The number of likely N-dealkylation sites (tertiary alicyclic amines) is 1. The standard InChI is InChI=1S/C17H23N5O3S/c1-17(2,3)12-9-14(25-21-12)19-13(23)10-22-7-4-5-11(22)15(24)20-16-18-6-8-26-16/h6,8-9,11H,4-5,7,10H2,1-3H3,(H,19,23)(H,18,20,24). The van der Waals surface area contributed by atoms with E-state index in [-0.39, 0.29) is 29.8 Å². The van der Waals surface area contributed by atoms with Crippen LogP contribution in [0.5, 0.6) is 0 Å². The molecule has 8 nitrogen and oxygen atoms in total. The third-order valence-electron chi connectivity index (χ3n) is 4.22. The van der Waals surface area contributed by atoms with Gasteiger partial charge in [-0.05, 0) is 19.4 Å². The van der Waals surface area contributed by atoms with Gasteiger partial charge in [0.05, 0.1) is 18.3 Å². The number of thiazole rings is 1. The van der Waals surface area contributed by atoms with Crippen LogP contribution in [0.15, 0.2) is 22.2 Å². The maximum atomic E-state index is 12.4. The summed E-state index contributed by atoms with van der Waals surface area (Å²) in [6.45, 7) is 6.89. The molecule has 1 fully saturated rings. The predicted molar refractivity (Wildman–Crippen MR) is 99.2 cm³/mol. The Morgan fingerprint density at radius 2 is 2.19 bits per heavy atom. The fraction of sp³-hybridized carbons (Fsp3) is 0.529. The number of nitrogens with zero attached hydrogens (tertiary/aromatic N) is 3. The average molecular weight is 377 g/mol. The van der Waals surface area contributed by atoms with Crippen molar-refractivity contribution in [2.24, 2.45) is 0 Å². The summed E-state index contributed by atoms with van der Waals surface area (Å²) in [6.07, 6.45) is 3.24. The summed E-state index contributed by atoms with van der Waals surface area (Å²) in [6, 6.07) is 1.40. The molecule has 0 saturated carbocycles. The van der Waals surface area contributed by atoms with E-state index in [4.69, 9.17) is 4.52 Å². The van der Waals surface area contributed by atoms with Gasteiger partial charge >= 0.3 is 0 Å². The van der Waals surface area contributed by atoms with E-state index in [0.717, 1.165) is 18.5 Å².